The minimum absolute atomic E-state index is 0.268. The molecule has 0 radical (unpaired) electrons. The smallest absolute Gasteiger partial charge is 0.0408 e. The third kappa shape index (κ3) is 3.24. The molecule has 0 fully saturated rings. The molecular weight excluding hydrogens is 170 g/mol. The van der Waals surface area contributed by atoms with E-state index in [-0.39, 0.29) is 6.04 Å². The lowest BCUT2D eigenvalue weighted by molar-refractivity contribution is 0.666. The fourth-order valence-electron chi connectivity index (χ4n) is 1.09. The summed E-state index contributed by atoms with van der Waals surface area (Å²) in [5, 5.41) is 0.803. The molecule has 0 aromatic heterocycles. The molecule has 0 aliphatic carbocycles. The third-order valence-corrected chi connectivity index (χ3v) is 2.01. The van der Waals surface area contributed by atoms with E-state index in [9.17, 15) is 0 Å². The summed E-state index contributed by atoms with van der Waals surface area (Å²) < 4.78 is 0. The normalized spacial score (nSPS) is 12.9. The molecule has 0 heterocycles. The van der Waals surface area contributed by atoms with Gasteiger partial charge in [0.05, 0.1) is 0 Å². The van der Waals surface area contributed by atoms with E-state index in [1.807, 2.05) is 25.1 Å². The van der Waals surface area contributed by atoms with Gasteiger partial charge in [0, 0.05) is 11.1 Å². The molecule has 0 unspecified atom stereocenters. The van der Waals surface area contributed by atoms with Gasteiger partial charge in [-0.25, -0.2) is 0 Å². The molecule has 0 aliphatic rings. The Kier molecular flexibility index (Phi) is 3.57. The highest BCUT2D eigenvalue weighted by atomic mass is 35.5. The summed E-state index contributed by atoms with van der Waals surface area (Å²) in [6.07, 6.45) is 2.03. The first kappa shape index (κ1) is 9.56. The van der Waals surface area contributed by atoms with E-state index >= 15 is 0 Å². The van der Waals surface area contributed by atoms with Crippen LogP contribution in [-0.4, -0.2) is 6.04 Å². The highest BCUT2D eigenvalue weighted by Gasteiger charge is 1.96. The Balaban J connectivity index is 2.52. The number of nitrogens with two attached hydrogens (primary N) is 1. The van der Waals surface area contributed by atoms with Crippen LogP contribution in [0.1, 0.15) is 18.9 Å². The molecule has 0 bridgehead atoms. The average molecular weight is 184 g/mol. The van der Waals surface area contributed by atoms with Crippen LogP contribution < -0.4 is 5.73 Å². The van der Waals surface area contributed by atoms with E-state index in [0.717, 1.165) is 17.9 Å². The predicted molar refractivity (Wildman–Crippen MR) is 53.4 cm³/mol. The number of benzene rings is 1. The van der Waals surface area contributed by atoms with Crippen LogP contribution in [0.2, 0.25) is 5.02 Å². The Hall–Kier alpha value is -0.530. The van der Waals surface area contributed by atoms with Crippen LogP contribution in [0.5, 0.6) is 0 Å². The maximum atomic E-state index is 5.83. The molecule has 0 saturated carbocycles. The van der Waals surface area contributed by atoms with Crippen molar-refractivity contribution in [2.75, 3.05) is 0 Å². The SMILES string of the molecule is C[C@@H](N)CCc1cccc(Cl)c1. The molecule has 1 rings (SSSR count). The Bertz CT molecular complexity index is 245. The van der Waals surface area contributed by atoms with E-state index in [1.54, 1.807) is 0 Å². The summed E-state index contributed by atoms with van der Waals surface area (Å²) in [7, 11) is 0. The number of halogens is 1. The van der Waals surface area contributed by atoms with Gasteiger partial charge in [0.2, 0.25) is 0 Å². The molecule has 2 N–H and O–H groups in total. The lowest BCUT2D eigenvalue weighted by Gasteiger charge is -2.04. The topological polar surface area (TPSA) is 26.0 Å². The van der Waals surface area contributed by atoms with Crippen molar-refractivity contribution < 1.29 is 0 Å². The second kappa shape index (κ2) is 4.48. The molecule has 0 saturated heterocycles. The highest BCUT2D eigenvalue weighted by Crippen LogP contribution is 2.12. The molecule has 1 aromatic carbocycles. The van der Waals surface area contributed by atoms with Gasteiger partial charge < -0.3 is 5.73 Å². The summed E-state index contributed by atoms with van der Waals surface area (Å²) >= 11 is 5.83. The van der Waals surface area contributed by atoms with Crippen molar-refractivity contribution in [1.29, 1.82) is 0 Å². The monoisotopic (exact) mass is 183 g/mol. The summed E-state index contributed by atoms with van der Waals surface area (Å²) in [6, 6.07) is 8.19. The standard InChI is InChI=1S/C10H14ClN/c1-8(12)5-6-9-3-2-4-10(11)7-9/h2-4,7-8H,5-6,12H2,1H3/t8-/m1/s1. The molecule has 12 heavy (non-hydrogen) atoms. The largest absolute Gasteiger partial charge is 0.328 e. The molecule has 1 nitrogen and oxygen atoms in total. The lowest BCUT2D eigenvalue weighted by atomic mass is 10.1. The predicted octanol–water partition coefficient (Wildman–Crippen LogP) is 2.62. The Labute approximate surface area is 78.5 Å². The zero-order valence-electron chi connectivity index (χ0n) is 7.26. The second-order valence-electron chi connectivity index (χ2n) is 3.15. The second-order valence-corrected chi connectivity index (χ2v) is 3.58. The van der Waals surface area contributed by atoms with Crippen LogP contribution in [0.4, 0.5) is 0 Å². The number of aryl methyl sites for hydroxylation is 1. The van der Waals surface area contributed by atoms with Crippen molar-refractivity contribution in [1.82, 2.24) is 0 Å². The van der Waals surface area contributed by atoms with Crippen molar-refractivity contribution >= 4 is 11.6 Å². The average Bonchev–Trinajstić information content (AvgIpc) is 2.01. The highest BCUT2D eigenvalue weighted by molar-refractivity contribution is 6.30. The summed E-state index contributed by atoms with van der Waals surface area (Å²) in [6.45, 7) is 2.02. The Morgan fingerprint density at radius 1 is 1.50 bits per heavy atom. The van der Waals surface area contributed by atoms with Crippen LogP contribution in [0.3, 0.4) is 0 Å². The third-order valence-electron chi connectivity index (χ3n) is 1.78. The van der Waals surface area contributed by atoms with Crippen molar-refractivity contribution in [3.8, 4) is 0 Å². The van der Waals surface area contributed by atoms with Gasteiger partial charge in [0.15, 0.2) is 0 Å². The maximum Gasteiger partial charge on any atom is 0.0408 e. The van der Waals surface area contributed by atoms with Gasteiger partial charge in [0.1, 0.15) is 0 Å². The summed E-state index contributed by atoms with van der Waals surface area (Å²) in [5.74, 6) is 0. The fraction of sp³-hybridized carbons (Fsp3) is 0.400. The van der Waals surface area contributed by atoms with Crippen molar-refractivity contribution in [2.24, 2.45) is 5.73 Å². The van der Waals surface area contributed by atoms with Crippen LogP contribution in [0.25, 0.3) is 0 Å². The Morgan fingerprint density at radius 2 is 2.25 bits per heavy atom. The molecule has 66 valence electrons. The van der Waals surface area contributed by atoms with Crippen molar-refractivity contribution in [2.45, 2.75) is 25.8 Å². The molecular formula is C10H14ClN. The molecule has 0 amide bonds. The van der Waals surface area contributed by atoms with Crippen LogP contribution in [0.15, 0.2) is 24.3 Å². The summed E-state index contributed by atoms with van der Waals surface area (Å²) in [4.78, 5) is 0. The molecule has 0 spiro atoms. The fourth-order valence-corrected chi connectivity index (χ4v) is 1.30. The minimum atomic E-state index is 0.268. The quantitative estimate of drug-likeness (QED) is 0.766. The van der Waals surface area contributed by atoms with E-state index in [0.29, 0.717) is 0 Å². The van der Waals surface area contributed by atoms with E-state index in [1.165, 1.54) is 5.56 Å². The van der Waals surface area contributed by atoms with Gasteiger partial charge in [0.25, 0.3) is 0 Å². The summed E-state index contributed by atoms with van der Waals surface area (Å²) in [5.41, 5.74) is 6.91. The van der Waals surface area contributed by atoms with Crippen LogP contribution in [0, 0.1) is 0 Å². The molecule has 2 heteroatoms. The number of rotatable bonds is 3. The number of hydrogen-bond acceptors (Lipinski definition) is 1. The number of hydrogen-bond donors (Lipinski definition) is 1. The lowest BCUT2D eigenvalue weighted by Crippen LogP contribution is -2.15. The maximum absolute atomic E-state index is 5.83. The van der Waals surface area contributed by atoms with Gasteiger partial charge >= 0.3 is 0 Å². The minimum Gasteiger partial charge on any atom is -0.328 e. The van der Waals surface area contributed by atoms with Crippen molar-refractivity contribution in [3.63, 3.8) is 0 Å². The zero-order valence-corrected chi connectivity index (χ0v) is 8.01. The van der Waals surface area contributed by atoms with Gasteiger partial charge in [-0.2, -0.15) is 0 Å². The van der Waals surface area contributed by atoms with Gasteiger partial charge in [-0.3, -0.25) is 0 Å². The van der Waals surface area contributed by atoms with E-state index in [2.05, 4.69) is 6.07 Å². The van der Waals surface area contributed by atoms with Crippen LogP contribution >= 0.6 is 11.6 Å². The van der Waals surface area contributed by atoms with Gasteiger partial charge in [-0.1, -0.05) is 23.7 Å². The van der Waals surface area contributed by atoms with Crippen LogP contribution in [-0.2, 0) is 6.42 Å². The first-order valence-electron chi connectivity index (χ1n) is 4.18. The molecule has 1 aromatic rings. The van der Waals surface area contributed by atoms with Gasteiger partial charge in [-0.05, 0) is 37.5 Å². The Morgan fingerprint density at radius 3 is 2.83 bits per heavy atom. The molecule has 1 atom stereocenters. The van der Waals surface area contributed by atoms with E-state index < -0.39 is 0 Å². The van der Waals surface area contributed by atoms with Crippen molar-refractivity contribution in [3.05, 3.63) is 34.9 Å². The molecule has 0 aliphatic heterocycles. The first-order valence-corrected chi connectivity index (χ1v) is 4.56. The zero-order chi connectivity index (χ0) is 8.97. The van der Waals surface area contributed by atoms with Gasteiger partial charge in [-0.15, -0.1) is 0 Å². The first-order chi connectivity index (χ1) is 5.68. The van der Waals surface area contributed by atoms with E-state index in [4.69, 9.17) is 17.3 Å².